The van der Waals surface area contributed by atoms with E-state index >= 15 is 0 Å². The predicted octanol–water partition coefficient (Wildman–Crippen LogP) is 1.94. The molecule has 0 amide bonds. The molecule has 3 atom stereocenters. The van der Waals surface area contributed by atoms with Crippen molar-refractivity contribution in [2.45, 2.75) is 64.7 Å². The number of methoxy groups -OCH3 is 1. The number of guanidine groups is 1. The van der Waals surface area contributed by atoms with Crippen molar-refractivity contribution in [2.24, 2.45) is 10.4 Å². The maximum Gasteiger partial charge on any atom is 0.191 e. The second-order valence-corrected chi connectivity index (χ2v) is 7.53. The van der Waals surface area contributed by atoms with E-state index in [9.17, 15) is 0 Å². The Morgan fingerprint density at radius 3 is 2.71 bits per heavy atom. The lowest BCUT2D eigenvalue weighted by molar-refractivity contribution is -0.176. The van der Waals surface area contributed by atoms with Crippen LogP contribution in [0, 0.1) is 5.41 Å². The predicted molar refractivity (Wildman–Crippen MR) is 96.5 cm³/mol. The summed E-state index contributed by atoms with van der Waals surface area (Å²) in [5.74, 6) is 0.856. The fourth-order valence-electron chi connectivity index (χ4n) is 3.42. The smallest absolute Gasteiger partial charge is 0.191 e. The van der Waals surface area contributed by atoms with Crippen LogP contribution in [-0.2, 0) is 14.2 Å². The van der Waals surface area contributed by atoms with Crippen molar-refractivity contribution in [3.8, 4) is 0 Å². The summed E-state index contributed by atoms with van der Waals surface area (Å²) < 4.78 is 16.9. The van der Waals surface area contributed by atoms with Crippen LogP contribution in [0.15, 0.2) is 4.99 Å². The Hall–Kier alpha value is -0.850. The van der Waals surface area contributed by atoms with Crippen LogP contribution in [0.5, 0.6) is 0 Å². The molecular formula is C18H35N3O3. The Morgan fingerprint density at radius 1 is 1.33 bits per heavy atom. The number of hydrogen-bond acceptors (Lipinski definition) is 4. The van der Waals surface area contributed by atoms with Crippen LogP contribution in [0.3, 0.4) is 0 Å². The molecule has 1 aliphatic heterocycles. The number of hydrogen-bond donors (Lipinski definition) is 2. The first-order valence-electron chi connectivity index (χ1n) is 9.22. The number of nitrogens with one attached hydrogen (secondary N) is 2. The molecule has 6 heteroatoms. The molecule has 3 unspecified atom stereocenters. The second-order valence-electron chi connectivity index (χ2n) is 7.53. The van der Waals surface area contributed by atoms with E-state index in [0.717, 1.165) is 38.4 Å². The summed E-state index contributed by atoms with van der Waals surface area (Å²) in [5, 5.41) is 6.86. The first kappa shape index (κ1) is 19.5. The molecule has 0 radical (unpaired) electrons. The van der Waals surface area contributed by atoms with Gasteiger partial charge in [-0.25, -0.2) is 0 Å². The quantitative estimate of drug-likeness (QED) is 0.401. The highest BCUT2D eigenvalue weighted by Gasteiger charge is 2.58. The number of aliphatic imine (C=N–C) groups is 1. The largest absolute Gasteiger partial charge is 0.378 e. The van der Waals surface area contributed by atoms with Crippen molar-refractivity contribution in [3.05, 3.63) is 0 Å². The number of nitrogens with zero attached hydrogens (tertiary/aromatic N) is 1. The van der Waals surface area contributed by atoms with Gasteiger partial charge in [0.25, 0.3) is 0 Å². The summed E-state index contributed by atoms with van der Waals surface area (Å²) in [6, 6.07) is 0.355. The topological polar surface area (TPSA) is 64.1 Å². The minimum absolute atomic E-state index is 0.0637. The molecule has 140 valence electrons. The lowest BCUT2D eigenvalue weighted by Crippen LogP contribution is -2.69. The van der Waals surface area contributed by atoms with E-state index in [4.69, 9.17) is 14.2 Å². The van der Waals surface area contributed by atoms with Gasteiger partial charge in [-0.05, 0) is 33.1 Å². The maximum atomic E-state index is 5.69. The molecule has 24 heavy (non-hydrogen) atoms. The minimum atomic E-state index is -0.0770. The first-order valence-corrected chi connectivity index (χ1v) is 9.22. The molecular weight excluding hydrogens is 306 g/mol. The summed E-state index contributed by atoms with van der Waals surface area (Å²) >= 11 is 0. The van der Waals surface area contributed by atoms with Crippen LogP contribution in [-0.4, -0.2) is 63.7 Å². The molecule has 2 fully saturated rings. The molecule has 2 rings (SSSR count). The Kier molecular flexibility index (Phi) is 6.89. The van der Waals surface area contributed by atoms with Crippen molar-refractivity contribution in [2.75, 3.05) is 40.0 Å². The molecule has 0 aromatic heterocycles. The summed E-state index contributed by atoms with van der Waals surface area (Å²) in [5.41, 5.74) is -0.0133. The lowest BCUT2D eigenvalue weighted by Gasteiger charge is -2.59. The van der Waals surface area contributed by atoms with Crippen LogP contribution in [0.25, 0.3) is 0 Å². The van der Waals surface area contributed by atoms with Gasteiger partial charge in [0.05, 0.1) is 31.5 Å². The average molecular weight is 341 g/mol. The molecule has 0 aromatic rings. The van der Waals surface area contributed by atoms with Crippen LogP contribution < -0.4 is 10.6 Å². The van der Waals surface area contributed by atoms with Gasteiger partial charge in [0.2, 0.25) is 0 Å². The highest BCUT2D eigenvalue weighted by molar-refractivity contribution is 5.80. The first-order chi connectivity index (χ1) is 11.4. The second kappa shape index (κ2) is 8.50. The van der Waals surface area contributed by atoms with Gasteiger partial charge in [-0.2, -0.15) is 0 Å². The highest BCUT2D eigenvalue weighted by atomic mass is 16.5. The van der Waals surface area contributed by atoms with Gasteiger partial charge < -0.3 is 24.8 Å². The number of rotatable bonds is 8. The SMILES string of the molecule is CCNC(=NCCOCC1CCCO1)NC1CC(C)(OC)C1(C)C. The molecule has 1 aliphatic carbocycles. The van der Waals surface area contributed by atoms with E-state index in [1.807, 2.05) is 0 Å². The summed E-state index contributed by atoms with van der Waals surface area (Å²) in [6.07, 6.45) is 3.53. The Morgan fingerprint density at radius 2 is 2.12 bits per heavy atom. The van der Waals surface area contributed by atoms with Crippen molar-refractivity contribution < 1.29 is 14.2 Å². The van der Waals surface area contributed by atoms with Gasteiger partial charge in [-0.3, -0.25) is 4.99 Å². The van der Waals surface area contributed by atoms with Gasteiger partial charge in [-0.15, -0.1) is 0 Å². The van der Waals surface area contributed by atoms with Gasteiger partial charge in [-0.1, -0.05) is 13.8 Å². The lowest BCUT2D eigenvalue weighted by atomic mass is 9.56. The van der Waals surface area contributed by atoms with E-state index in [1.54, 1.807) is 7.11 Å². The van der Waals surface area contributed by atoms with E-state index < -0.39 is 0 Å². The Balaban J connectivity index is 1.74. The minimum Gasteiger partial charge on any atom is -0.378 e. The Labute approximate surface area is 146 Å². The monoisotopic (exact) mass is 341 g/mol. The molecule has 1 saturated heterocycles. The van der Waals surface area contributed by atoms with Gasteiger partial charge in [0.15, 0.2) is 5.96 Å². The molecule has 0 bridgehead atoms. The zero-order valence-electron chi connectivity index (χ0n) is 16.0. The Bertz CT molecular complexity index is 422. The van der Waals surface area contributed by atoms with Crippen LogP contribution in [0.4, 0.5) is 0 Å². The van der Waals surface area contributed by atoms with Crippen molar-refractivity contribution in [3.63, 3.8) is 0 Å². The molecule has 0 spiro atoms. The van der Waals surface area contributed by atoms with Gasteiger partial charge in [0, 0.05) is 31.7 Å². The third-order valence-corrected chi connectivity index (χ3v) is 5.77. The molecule has 0 aromatic carbocycles. The van der Waals surface area contributed by atoms with E-state index in [-0.39, 0.29) is 17.1 Å². The summed E-state index contributed by atoms with van der Waals surface area (Å²) in [7, 11) is 1.79. The van der Waals surface area contributed by atoms with E-state index in [0.29, 0.717) is 25.8 Å². The van der Waals surface area contributed by atoms with Crippen LogP contribution >= 0.6 is 0 Å². The zero-order valence-corrected chi connectivity index (χ0v) is 16.0. The average Bonchev–Trinajstić information content (AvgIpc) is 3.07. The fourth-order valence-corrected chi connectivity index (χ4v) is 3.42. The van der Waals surface area contributed by atoms with Crippen molar-refractivity contribution in [1.82, 2.24) is 10.6 Å². The third kappa shape index (κ3) is 4.41. The van der Waals surface area contributed by atoms with E-state index in [2.05, 4.69) is 43.3 Å². The van der Waals surface area contributed by atoms with Crippen molar-refractivity contribution >= 4 is 5.96 Å². The molecule has 1 heterocycles. The highest BCUT2D eigenvalue weighted by Crippen LogP contribution is 2.51. The normalized spacial score (nSPS) is 32.5. The molecule has 6 nitrogen and oxygen atoms in total. The summed E-state index contributed by atoms with van der Waals surface area (Å²) in [6.45, 7) is 12.4. The molecule has 2 N–H and O–H groups in total. The summed E-state index contributed by atoms with van der Waals surface area (Å²) in [4.78, 5) is 4.63. The van der Waals surface area contributed by atoms with E-state index in [1.165, 1.54) is 0 Å². The third-order valence-electron chi connectivity index (χ3n) is 5.77. The fraction of sp³-hybridized carbons (Fsp3) is 0.944. The van der Waals surface area contributed by atoms with Gasteiger partial charge >= 0.3 is 0 Å². The van der Waals surface area contributed by atoms with Crippen LogP contribution in [0.2, 0.25) is 0 Å². The number of ether oxygens (including phenoxy) is 3. The maximum absolute atomic E-state index is 5.69. The van der Waals surface area contributed by atoms with Crippen LogP contribution in [0.1, 0.15) is 47.0 Å². The zero-order chi connectivity index (χ0) is 17.6. The molecule has 1 saturated carbocycles. The standard InChI is InChI=1S/C18H35N3O3/c1-6-19-16(20-9-11-23-13-14-8-7-10-24-14)21-15-12-18(4,22-5)17(15,2)3/h14-15H,6-13H2,1-5H3,(H2,19,20,21). The van der Waals surface area contributed by atoms with Crippen molar-refractivity contribution in [1.29, 1.82) is 0 Å². The molecule has 2 aliphatic rings. The van der Waals surface area contributed by atoms with Gasteiger partial charge in [0.1, 0.15) is 0 Å².